The summed E-state index contributed by atoms with van der Waals surface area (Å²) in [5.74, 6) is -1.26. The van der Waals surface area contributed by atoms with Gasteiger partial charge in [-0.3, -0.25) is 51.4 Å². The molecule has 5 unspecified atom stereocenters. The number of rotatable bonds is 23. The number of H-pyrrole nitrogens is 2. The van der Waals surface area contributed by atoms with Crippen molar-refractivity contribution in [1.29, 1.82) is 0 Å². The molecule has 16 atom stereocenters. The van der Waals surface area contributed by atoms with Gasteiger partial charge < -0.3 is 75.4 Å². The van der Waals surface area contributed by atoms with Crippen LogP contribution in [0.4, 0.5) is 17.7 Å². The topological polar surface area (TPSA) is 536 Å². The molecule has 0 amide bonds. The zero-order chi connectivity index (χ0) is 57.8. The molecule has 0 radical (unpaired) electrons. The van der Waals surface area contributed by atoms with E-state index in [4.69, 9.17) is 63.7 Å². The van der Waals surface area contributed by atoms with Crippen molar-refractivity contribution in [1.82, 2.24) is 48.6 Å². The Bertz CT molecular complexity index is 3500. The molecular weight excluding hydrogens is 1160 g/mol. The maximum Gasteiger partial charge on any atom is 0.490 e. The van der Waals surface area contributed by atoms with Crippen LogP contribution < -0.4 is 28.3 Å². The number of aliphatic hydroxyl groups is 2. The molecule has 5 aromatic rings. The molecule has 4 aliphatic rings. The van der Waals surface area contributed by atoms with Gasteiger partial charge in [0.25, 0.3) is 11.1 Å². The van der Waals surface area contributed by atoms with Crippen molar-refractivity contribution < 1.29 is 103 Å². The molecule has 38 nitrogen and oxygen atoms in total. The first kappa shape index (κ1) is 59.5. The normalized spacial score (nSPS) is 30.1. The highest BCUT2D eigenvalue weighted by Crippen LogP contribution is 2.68. The molecule has 3 saturated heterocycles. The van der Waals surface area contributed by atoms with E-state index in [0.29, 0.717) is 12.8 Å². The highest BCUT2D eigenvalue weighted by molar-refractivity contribution is 7.66. The molecular formula is C38H54N14O24P4. The lowest BCUT2D eigenvalue weighted by molar-refractivity contribution is -0.0589. The van der Waals surface area contributed by atoms with Crippen LogP contribution in [-0.4, -0.2) is 181 Å². The van der Waals surface area contributed by atoms with Crippen LogP contribution in [0.3, 0.4) is 0 Å². The number of methoxy groups -OCH3 is 3. The van der Waals surface area contributed by atoms with Crippen molar-refractivity contribution in [3.8, 4) is 0 Å². The number of hydrogen-bond acceptors (Lipinski definition) is 29. The zero-order valence-corrected chi connectivity index (χ0v) is 45.6. The number of imidazole rings is 3. The molecule has 42 heteroatoms. The van der Waals surface area contributed by atoms with Crippen LogP contribution in [0.5, 0.6) is 0 Å². The van der Waals surface area contributed by atoms with Gasteiger partial charge in [0.05, 0.1) is 57.2 Å². The van der Waals surface area contributed by atoms with E-state index in [0.717, 1.165) is 23.6 Å². The van der Waals surface area contributed by atoms with E-state index in [2.05, 4.69) is 48.5 Å². The van der Waals surface area contributed by atoms with E-state index < -0.39 is 136 Å². The predicted molar refractivity (Wildman–Crippen MR) is 266 cm³/mol. The summed E-state index contributed by atoms with van der Waals surface area (Å²) in [5, 5.41) is 21.9. The van der Waals surface area contributed by atoms with E-state index in [-0.39, 0.29) is 58.0 Å². The average molecular weight is 1210 g/mol. The fraction of sp³-hybridized carbons (Fsp3) is 0.579. The molecule has 3 fully saturated rings. The minimum Gasteiger partial charge on any atom is -0.397 e. The van der Waals surface area contributed by atoms with Gasteiger partial charge in [-0.05, 0) is 12.0 Å². The highest BCUT2D eigenvalue weighted by Gasteiger charge is 2.54. The molecule has 4 aliphatic heterocycles. The quantitative estimate of drug-likeness (QED) is 0.0352. The number of aromatic amines is 2. The Morgan fingerprint density at radius 3 is 1.74 bits per heavy atom. The number of aromatic nitrogens is 10. The lowest BCUT2D eigenvalue weighted by atomic mass is 9.99. The summed E-state index contributed by atoms with van der Waals surface area (Å²) in [6.07, 6.45) is -10.6. The van der Waals surface area contributed by atoms with Crippen LogP contribution in [0.25, 0.3) is 28.0 Å². The van der Waals surface area contributed by atoms with Gasteiger partial charge in [0.1, 0.15) is 48.4 Å². The Kier molecular flexibility index (Phi) is 17.3. The number of nitrogens with one attached hydrogen (secondary N) is 2. The van der Waals surface area contributed by atoms with Gasteiger partial charge in [0, 0.05) is 39.9 Å². The van der Waals surface area contributed by atoms with Crippen molar-refractivity contribution in [2.75, 3.05) is 59.2 Å². The maximum atomic E-state index is 13.8. The second-order valence-electron chi connectivity index (χ2n) is 18.0. The van der Waals surface area contributed by atoms with Crippen molar-refractivity contribution in [3.63, 3.8) is 0 Å². The summed E-state index contributed by atoms with van der Waals surface area (Å²) in [7, 11) is -19.6. The number of aliphatic imine (C=N–C) groups is 1. The number of ether oxygens (including phenoxy) is 6. The van der Waals surface area contributed by atoms with Gasteiger partial charge in [-0.1, -0.05) is 6.92 Å². The van der Waals surface area contributed by atoms with E-state index in [1.807, 2.05) is 6.92 Å². The fourth-order valence-electron chi connectivity index (χ4n) is 9.38. The third-order valence-electron chi connectivity index (χ3n) is 13.0. The number of phosphoric acid groups is 4. The van der Waals surface area contributed by atoms with E-state index >= 15 is 0 Å². The van der Waals surface area contributed by atoms with Crippen LogP contribution in [0.1, 0.15) is 44.1 Å². The smallest absolute Gasteiger partial charge is 0.397 e. The molecule has 0 saturated carbocycles. The number of allylic oxidation sites excluding steroid dienone is 1. The van der Waals surface area contributed by atoms with E-state index in [9.17, 15) is 57.6 Å². The Hall–Kier alpha value is -5.08. The number of nitrogens with two attached hydrogens (primary N) is 3. The first-order chi connectivity index (χ1) is 37.8. The molecule has 5 aromatic heterocycles. The highest BCUT2D eigenvalue weighted by atomic mass is 31.3. The zero-order valence-electron chi connectivity index (χ0n) is 42.1. The Morgan fingerprint density at radius 2 is 1.16 bits per heavy atom. The number of fused-ring (bicyclic) bond motifs is 3. The van der Waals surface area contributed by atoms with Crippen LogP contribution >= 0.6 is 31.3 Å². The van der Waals surface area contributed by atoms with Crippen LogP contribution in [0, 0.1) is 5.92 Å². The summed E-state index contributed by atoms with van der Waals surface area (Å²) in [5.41, 5.74) is 17.3. The van der Waals surface area contributed by atoms with Crippen LogP contribution in [0.15, 0.2) is 39.1 Å². The maximum absolute atomic E-state index is 13.8. The summed E-state index contributed by atoms with van der Waals surface area (Å²) in [6, 6.07) is 0. The molecule has 9 heterocycles. The molecule has 0 aromatic carbocycles. The standard InChI is InChI=1S/C38H54N14O24P4/c1-5-15-6-7-42-29-21(20(15)39)43-12-50(29)36-28(67-4)27(74-77(57,58)68-10-18-24(53)25(54)34(72-18)51-13-44-22-30(51)46-37(40)48-32(22)55)19(73-36)11-70-79(61,62)76-80(63,64)75-78(59,60)69-9-17-16(8-65-2)26(66-3)35(71-17)52-14-45-23-31(52)47-38(41)49-33(23)56/h7,12-14,16-19,24-28,34-36,53-54H,5-6,8-11,39H2,1-4H3,(H,57,58)(H,59,60)(H,61,62)(H,63,64)(H3,40,46,48,55)(H3,41,47,49,56)/t16-,17-,18-,19?,24-,25-,26-,27-,28-,34-,35-,36-/m1/s1. The number of hydrogen-bond donors (Lipinski definition) is 11. The van der Waals surface area contributed by atoms with Gasteiger partial charge >= 0.3 is 31.3 Å². The van der Waals surface area contributed by atoms with Crippen molar-refractivity contribution in [3.05, 3.63) is 51.0 Å². The van der Waals surface area contributed by atoms with Gasteiger partial charge in [0.15, 0.2) is 46.8 Å². The Labute approximate surface area is 448 Å². The first-order valence-electron chi connectivity index (χ1n) is 23.5. The average Bonchev–Trinajstić information content (AvgIpc) is 4.39. The SMILES string of the molecule is CCC1=C(N)c2ncn([C@@H]3OC(COP(=O)(O)OP(=O)(O)OP(=O)(O)OC[C@H]4O[C@@H](n5cnc6c(=O)[nH]c(N)nc65)[C@H](OC)[C@@H]4COC)[C@@H](OP(=O)(O)OC[C@H]4O[C@@H](n5cnc6c(=O)[nH]c(N)nc65)[C@H](O)[C@@H]4O)[C@H]3OC)c2N=CC1. The van der Waals surface area contributed by atoms with Crippen LogP contribution in [0.2, 0.25) is 0 Å². The summed E-state index contributed by atoms with van der Waals surface area (Å²) >= 11 is 0. The summed E-state index contributed by atoms with van der Waals surface area (Å²) in [4.78, 5) is 97.5. The minimum atomic E-state index is -6.17. The third-order valence-corrected chi connectivity index (χ3v) is 18.2. The fourth-order valence-corrected chi connectivity index (χ4v) is 13.9. The second-order valence-corrected chi connectivity index (χ2v) is 24.0. The summed E-state index contributed by atoms with van der Waals surface area (Å²) < 4.78 is 121. The predicted octanol–water partition coefficient (Wildman–Crippen LogP) is -0.924. The lowest BCUT2D eigenvalue weighted by Gasteiger charge is -2.26. The largest absolute Gasteiger partial charge is 0.490 e. The van der Waals surface area contributed by atoms with Crippen molar-refractivity contribution in [2.24, 2.45) is 16.6 Å². The van der Waals surface area contributed by atoms with Gasteiger partial charge in [-0.15, -0.1) is 0 Å². The van der Waals surface area contributed by atoms with E-state index in [1.54, 1.807) is 6.21 Å². The number of nitrogens with zero attached hydrogens (tertiary/aromatic N) is 9. The molecule has 0 bridgehead atoms. The lowest BCUT2D eigenvalue weighted by Crippen LogP contribution is -2.38. The number of aliphatic hydroxyl groups excluding tert-OH is 2. The molecule has 0 spiro atoms. The van der Waals surface area contributed by atoms with Crippen molar-refractivity contribution >= 4 is 83.2 Å². The summed E-state index contributed by atoms with van der Waals surface area (Å²) in [6.45, 7) is -1.34. The van der Waals surface area contributed by atoms with Crippen molar-refractivity contribution in [2.45, 2.75) is 87.3 Å². The van der Waals surface area contributed by atoms with Gasteiger partial charge in [0.2, 0.25) is 11.9 Å². The molecule has 440 valence electrons. The molecule has 14 N–H and O–H groups in total. The Morgan fingerprint density at radius 1 is 0.650 bits per heavy atom. The number of nitrogen functional groups attached to an aromatic ring is 2. The molecule has 80 heavy (non-hydrogen) atoms. The van der Waals surface area contributed by atoms with Crippen LogP contribution in [-0.2, 0) is 73.4 Å². The first-order valence-corrected chi connectivity index (χ1v) is 29.5. The number of phosphoric ester groups is 3. The molecule has 9 rings (SSSR count). The second kappa shape index (κ2) is 23.3. The number of anilines is 2. The molecule has 0 aliphatic carbocycles. The van der Waals surface area contributed by atoms with Gasteiger partial charge in [-0.25, -0.2) is 38.2 Å². The van der Waals surface area contributed by atoms with E-state index in [1.165, 1.54) is 36.0 Å². The monoisotopic (exact) mass is 1210 g/mol. The minimum absolute atomic E-state index is 0.0166. The Balaban J connectivity index is 0.888. The third kappa shape index (κ3) is 12.2. The van der Waals surface area contributed by atoms with Gasteiger partial charge in [-0.2, -0.15) is 18.6 Å².